The van der Waals surface area contributed by atoms with Crippen LogP contribution in [0.5, 0.6) is 0 Å². The Kier molecular flexibility index (Phi) is 4.91. The predicted octanol–water partition coefficient (Wildman–Crippen LogP) is 3.51. The zero-order chi connectivity index (χ0) is 13.8. The number of hydrogen-bond acceptors (Lipinski definition) is 3. The van der Waals surface area contributed by atoms with Gasteiger partial charge in [0.1, 0.15) is 0 Å². The average Bonchev–Trinajstić information content (AvgIpc) is 2.58. The maximum atomic E-state index is 10.7. The molecule has 1 N–H and O–H groups in total. The van der Waals surface area contributed by atoms with E-state index in [4.69, 9.17) is 5.11 Å². The van der Waals surface area contributed by atoms with Crippen LogP contribution in [0.15, 0.2) is 11.4 Å². The van der Waals surface area contributed by atoms with Crippen LogP contribution >= 0.6 is 11.8 Å². The van der Waals surface area contributed by atoms with E-state index in [0.717, 1.165) is 16.8 Å². The fourth-order valence-corrected chi connectivity index (χ4v) is 3.55. The molecule has 1 aliphatic carbocycles. The van der Waals surface area contributed by atoms with E-state index in [-0.39, 0.29) is 5.75 Å². The van der Waals surface area contributed by atoms with Gasteiger partial charge in [-0.1, -0.05) is 31.5 Å². The molecule has 0 bridgehead atoms. The molecule has 19 heavy (non-hydrogen) atoms. The third-order valence-corrected chi connectivity index (χ3v) is 4.72. The lowest BCUT2D eigenvalue weighted by atomic mass is 10.0. The summed E-state index contributed by atoms with van der Waals surface area (Å²) >= 11 is 1.33. The molecular weight excluding hydrogens is 260 g/mol. The summed E-state index contributed by atoms with van der Waals surface area (Å²) < 4.78 is 2.21. The quantitative estimate of drug-likeness (QED) is 0.678. The second-order valence-corrected chi connectivity index (χ2v) is 6.46. The van der Waals surface area contributed by atoms with Crippen LogP contribution in [0.3, 0.4) is 0 Å². The summed E-state index contributed by atoms with van der Waals surface area (Å²) in [5, 5.41) is 9.67. The Balaban J connectivity index is 2.11. The van der Waals surface area contributed by atoms with Crippen molar-refractivity contribution in [3.63, 3.8) is 0 Å². The van der Waals surface area contributed by atoms with Gasteiger partial charge in [-0.2, -0.15) is 0 Å². The third kappa shape index (κ3) is 4.00. The largest absolute Gasteiger partial charge is 0.481 e. The van der Waals surface area contributed by atoms with E-state index in [0.29, 0.717) is 6.04 Å². The van der Waals surface area contributed by atoms with E-state index in [1.165, 1.54) is 43.9 Å². The maximum Gasteiger partial charge on any atom is 0.313 e. The van der Waals surface area contributed by atoms with Gasteiger partial charge in [0, 0.05) is 12.2 Å². The Morgan fingerprint density at radius 1 is 1.47 bits per heavy atom. The van der Waals surface area contributed by atoms with Gasteiger partial charge < -0.3 is 9.67 Å². The molecule has 0 amide bonds. The Bertz CT molecular complexity index is 445. The Hall–Kier alpha value is -0.970. The molecule has 0 radical (unpaired) electrons. The first-order valence-electron chi connectivity index (χ1n) is 6.96. The van der Waals surface area contributed by atoms with Gasteiger partial charge in [-0.15, -0.1) is 0 Å². The lowest BCUT2D eigenvalue weighted by Crippen LogP contribution is -2.09. The number of rotatable bonds is 4. The van der Waals surface area contributed by atoms with Gasteiger partial charge in [-0.3, -0.25) is 4.79 Å². The molecule has 2 unspecified atom stereocenters. The number of carboxylic acids is 1. The van der Waals surface area contributed by atoms with Gasteiger partial charge in [0.2, 0.25) is 0 Å². The molecule has 0 aromatic carbocycles. The topological polar surface area (TPSA) is 55.1 Å². The fourth-order valence-electron chi connectivity index (χ4n) is 2.73. The van der Waals surface area contributed by atoms with Crippen molar-refractivity contribution < 1.29 is 9.90 Å². The first-order chi connectivity index (χ1) is 9.06. The molecule has 5 heteroatoms. The number of hydrogen-bond donors (Lipinski definition) is 1. The summed E-state index contributed by atoms with van der Waals surface area (Å²) in [5.41, 5.74) is 0.977. The van der Waals surface area contributed by atoms with Crippen molar-refractivity contribution >= 4 is 17.7 Å². The first-order valence-corrected chi connectivity index (χ1v) is 7.95. The number of aryl methyl sites for hydroxylation is 1. The third-order valence-electron chi connectivity index (χ3n) is 3.76. The smallest absolute Gasteiger partial charge is 0.313 e. The summed E-state index contributed by atoms with van der Waals surface area (Å²) in [6.07, 6.45) is 8.25. The van der Waals surface area contributed by atoms with Crippen LogP contribution in [0.25, 0.3) is 0 Å². The van der Waals surface area contributed by atoms with E-state index in [2.05, 4.69) is 22.7 Å². The van der Waals surface area contributed by atoms with Crippen molar-refractivity contribution in [2.24, 2.45) is 5.92 Å². The second-order valence-electron chi connectivity index (χ2n) is 5.52. The van der Waals surface area contributed by atoms with E-state index < -0.39 is 5.97 Å². The fraction of sp³-hybridized carbons (Fsp3) is 0.714. The van der Waals surface area contributed by atoms with Crippen LogP contribution in [0.2, 0.25) is 0 Å². The average molecular weight is 282 g/mol. The molecule has 4 nitrogen and oxygen atoms in total. The normalized spacial score (nSPS) is 24.1. The molecular formula is C14H22N2O2S. The lowest BCUT2D eigenvalue weighted by molar-refractivity contribution is -0.133. The van der Waals surface area contributed by atoms with Crippen LogP contribution < -0.4 is 0 Å². The maximum absolute atomic E-state index is 10.7. The van der Waals surface area contributed by atoms with Crippen LogP contribution in [-0.4, -0.2) is 26.4 Å². The molecule has 1 heterocycles. The molecule has 1 aromatic rings. The lowest BCUT2D eigenvalue weighted by Gasteiger charge is -2.18. The van der Waals surface area contributed by atoms with Gasteiger partial charge >= 0.3 is 5.97 Å². The Morgan fingerprint density at radius 3 is 3.00 bits per heavy atom. The SMILES string of the molecule is Cc1cn(C2CCCC(C)CC2)c(SCC(=O)O)n1. The predicted molar refractivity (Wildman–Crippen MR) is 76.6 cm³/mol. The van der Waals surface area contributed by atoms with Gasteiger partial charge in [0.15, 0.2) is 5.16 Å². The number of nitrogens with zero attached hydrogens (tertiary/aromatic N) is 2. The molecule has 1 aromatic heterocycles. The number of aromatic nitrogens is 2. The summed E-state index contributed by atoms with van der Waals surface area (Å²) in [5.74, 6) is 0.107. The van der Waals surface area contributed by atoms with Gasteiger partial charge in [-0.25, -0.2) is 4.98 Å². The minimum atomic E-state index is -0.785. The number of carboxylic acid groups (broad SMARTS) is 1. The minimum Gasteiger partial charge on any atom is -0.481 e. The highest BCUT2D eigenvalue weighted by Crippen LogP contribution is 2.33. The van der Waals surface area contributed by atoms with Crippen molar-refractivity contribution in [1.29, 1.82) is 0 Å². The first kappa shape index (κ1) is 14.4. The Morgan fingerprint density at radius 2 is 2.26 bits per heavy atom. The molecule has 106 valence electrons. The molecule has 0 saturated heterocycles. The minimum absolute atomic E-state index is 0.0829. The molecule has 2 atom stereocenters. The number of imidazole rings is 1. The van der Waals surface area contributed by atoms with Gasteiger partial charge in [-0.05, 0) is 32.1 Å². The van der Waals surface area contributed by atoms with E-state index >= 15 is 0 Å². The van der Waals surface area contributed by atoms with E-state index in [1.807, 2.05) is 6.92 Å². The van der Waals surface area contributed by atoms with Crippen molar-refractivity contribution in [2.75, 3.05) is 5.75 Å². The van der Waals surface area contributed by atoms with E-state index in [1.54, 1.807) is 0 Å². The van der Waals surface area contributed by atoms with E-state index in [9.17, 15) is 4.79 Å². The number of aliphatic carboxylic acids is 1. The van der Waals surface area contributed by atoms with Crippen molar-refractivity contribution in [1.82, 2.24) is 9.55 Å². The molecule has 0 spiro atoms. The molecule has 2 rings (SSSR count). The molecule has 1 saturated carbocycles. The molecule has 0 aliphatic heterocycles. The van der Waals surface area contributed by atoms with Crippen LogP contribution in [0.1, 0.15) is 50.8 Å². The summed E-state index contributed by atoms with van der Waals surface area (Å²) in [7, 11) is 0. The summed E-state index contributed by atoms with van der Waals surface area (Å²) in [6, 6.07) is 0.488. The zero-order valence-corrected chi connectivity index (χ0v) is 12.4. The van der Waals surface area contributed by atoms with Gasteiger partial charge in [0.25, 0.3) is 0 Å². The highest BCUT2D eigenvalue weighted by atomic mass is 32.2. The summed E-state index contributed by atoms with van der Waals surface area (Å²) in [4.78, 5) is 15.2. The Labute approximate surface area is 118 Å². The van der Waals surface area contributed by atoms with Crippen LogP contribution in [0.4, 0.5) is 0 Å². The summed E-state index contributed by atoms with van der Waals surface area (Å²) in [6.45, 7) is 4.29. The van der Waals surface area contributed by atoms with Crippen molar-refractivity contribution in [2.45, 2.75) is 57.1 Å². The molecule has 1 fully saturated rings. The van der Waals surface area contributed by atoms with Crippen molar-refractivity contribution in [3.8, 4) is 0 Å². The van der Waals surface area contributed by atoms with Crippen molar-refractivity contribution in [3.05, 3.63) is 11.9 Å². The number of carbonyl (C=O) groups is 1. The molecule has 1 aliphatic rings. The number of thioether (sulfide) groups is 1. The monoisotopic (exact) mass is 282 g/mol. The standard InChI is InChI=1S/C14H22N2O2S/c1-10-4-3-5-12(7-6-10)16-8-11(2)15-14(16)19-9-13(17)18/h8,10,12H,3-7,9H2,1-2H3,(H,17,18). The highest BCUT2D eigenvalue weighted by molar-refractivity contribution is 7.99. The van der Waals surface area contributed by atoms with Crippen LogP contribution in [-0.2, 0) is 4.79 Å². The van der Waals surface area contributed by atoms with Crippen LogP contribution in [0, 0.1) is 12.8 Å². The zero-order valence-electron chi connectivity index (χ0n) is 11.6. The highest BCUT2D eigenvalue weighted by Gasteiger charge is 2.20. The second kappa shape index (κ2) is 6.46. The van der Waals surface area contributed by atoms with Gasteiger partial charge in [0.05, 0.1) is 11.4 Å².